The Morgan fingerprint density at radius 1 is 1.25 bits per heavy atom. The molecule has 0 unspecified atom stereocenters. The average Bonchev–Trinajstić information content (AvgIpc) is 2.12. The molecule has 2 heterocycles. The number of hydrogen-bond donors (Lipinski definition) is 1. The highest BCUT2D eigenvalue weighted by molar-refractivity contribution is 6.35. The molecule has 0 atom stereocenters. The Bertz CT molecular complexity index is 387. The smallest absolute Gasteiger partial charge is 0.132 e. The molecule has 0 aliphatic heterocycles. The summed E-state index contributed by atoms with van der Waals surface area (Å²) >= 11 is 5.88. The van der Waals surface area contributed by atoms with Gasteiger partial charge in [-0.15, -0.1) is 0 Å². The van der Waals surface area contributed by atoms with Crippen molar-refractivity contribution in [3.63, 3.8) is 0 Å². The summed E-state index contributed by atoms with van der Waals surface area (Å²) in [6.07, 6.45) is 4.87. The first-order chi connectivity index (χ1) is 5.79. The third kappa shape index (κ3) is 0.987. The predicted octanol–water partition coefficient (Wildman–Crippen LogP) is 1.87. The van der Waals surface area contributed by atoms with Crippen LogP contribution in [0.25, 0.3) is 10.8 Å². The monoisotopic (exact) mass is 179 g/mol. The molecule has 0 amide bonds. The molecule has 2 aromatic heterocycles. The van der Waals surface area contributed by atoms with Crippen LogP contribution in [0.15, 0.2) is 24.7 Å². The summed E-state index contributed by atoms with van der Waals surface area (Å²) in [7, 11) is 0. The van der Waals surface area contributed by atoms with Crippen LogP contribution >= 0.6 is 11.6 Å². The Labute approximate surface area is 74.2 Å². The maximum atomic E-state index is 5.88. The Hall–Kier alpha value is -1.35. The van der Waals surface area contributed by atoms with Crippen molar-refractivity contribution in [3.8, 4) is 0 Å². The van der Waals surface area contributed by atoms with Gasteiger partial charge >= 0.3 is 0 Å². The first-order valence-electron chi connectivity index (χ1n) is 3.43. The number of aromatic nitrogens is 2. The van der Waals surface area contributed by atoms with Crippen molar-refractivity contribution in [1.82, 2.24) is 9.97 Å². The van der Waals surface area contributed by atoms with E-state index in [4.69, 9.17) is 17.3 Å². The second-order valence-electron chi connectivity index (χ2n) is 2.41. The van der Waals surface area contributed by atoms with Crippen LogP contribution in [-0.4, -0.2) is 9.97 Å². The van der Waals surface area contributed by atoms with Gasteiger partial charge in [-0.2, -0.15) is 0 Å². The number of nitrogen functional groups attached to an aromatic ring is 1. The standard InChI is InChI=1S/C8H6ClN3/c9-7-4-12-8(10)6-3-11-2-1-5(6)7/h1-4H,(H2,10,12). The van der Waals surface area contributed by atoms with E-state index in [0.29, 0.717) is 10.8 Å². The Morgan fingerprint density at radius 3 is 2.83 bits per heavy atom. The fourth-order valence-electron chi connectivity index (χ4n) is 1.07. The van der Waals surface area contributed by atoms with Crippen LogP contribution in [-0.2, 0) is 0 Å². The number of rotatable bonds is 0. The average molecular weight is 180 g/mol. The molecule has 60 valence electrons. The van der Waals surface area contributed by atoms with Gasteiger partial charge in [-0.1, -0.05) is 11.6 Å². The minimum atomic E-state index is 0.461. The summed E-state index contributed by atoms with van der Waals surface area (Å²) in [4.78, 5) is 7.85. The number of anilines is 1. The molecule has 4 heteroatoms. The van der Waals surface area contributed by atoms with Gasteiger partial charge in [-0.3, -0.25) is 4.98 Å². The quantitative estimate of drug-likeness (QED) is 0.672. The van der Waals surface area contributed by atoms with E-state index in [1.54, 1.807) is 18.6 Å². The minimum absolute atomic E-state index is 0.461. The normalized spacial score (nSPS) is 10.4. The second kappa shape index (κ2) is 2.60. The lowest BCUT2D eigenvalue weighted by atomic mass is 10.2. The van der Waals surface area contributed by atoms with Crippen molar-refractivity contribution in [1.29, 1.82) is 0 Å². The first-order valence-corrected chi connectivity index (χ1v) is 3.80. The van der Waals surface area contributed by atoms with Crippen LogP contribution in [0.1, 0.15) is 0 Å². The van der Waals surface area contributed by atoms with Crippen molar-refractivity contribution in [2.75, 3.05) is 5.73 Å². The molecule has 0 radical (unpaired) electrons. The fraction of sp³-hybridized carbons (Fsp3) is 0. The third-order valence-corrected chi connectivity index (χ3v) is 1.97. The molecule has 0 aliphatic carbocycles. The highest BCUT2D eigenvalue weighted by atomic mass is 35.5. The molecule has 2 aromatic rings. The largest absolute Gasteiger partial charge is 0.383 e. The summed E-state index contributed by atoms with van der Waals surface area (Å²) in [5.41, 5.74) is 5.62. The summed E-state index contributed by atoms with van der Waals surface area (Å²) in [5, 5.41) is 2.28. The van der Waals surface area contributed by atoms with Crippen molar-refractivity contribution in [3.05, 3.63) is 29.7 Å². The van der Waals surface area contributed by atoms with Gasteiger partial charge in [-0.25, -0.2) is 4.98 Å². The van der Waals surface area contributed by atoms with Crippen LogP contribution in [0.4, 0.5) is 5.82 Å². The van der Waals surface area contributed by atoms with Gasteiger partial charge in [0.15, 0.2) is 0 Å². The number of nitrogens with zero attached hydrogens (tertiary/aromatic N) is 2. The predicted molar refractivity (Wildman–Crippen MR) is 49.0 cm³/mol. The highest BCUT2D eigenvalue weighted by Crippen LogP contribution is 2.24. The Balaban J connectivity index is 2.95. The topological polar surface area (TPSA) is 51.8 Å². The first kappa shape index (κ1) is 7.31. The van der Waals surface area contributed by atoms with Gasteiger partial charge < -0.3 is 5.73 Å². The van der Waals surface area contributed by atoms with Crippen molar-refractivity contribution < 1.29 is 0 Å². The van der Waals surface area contributed by atoms with Crippen LogP contribution in [0.3, 0.4) is 0 Å². The van der Waals surface area contributed by atoms with Crippen LogP contribution in [0.5, 0.6) is 0 Å². The molecular weight excluding hydrogens is 174 g/mol. The maximum Gasteiger partial charge on any atom is 0.132 e. The second-order valence-corrected chi connectivity index (χ2v) is 2.82. The molecular formula is C8H6ClN3. The van der Waals surface area contributed by atoms with E-state index < -0.39 is 0 Å². The van der Waals surface area contributed by atoms with Crippen LogP contribution in [0.2, 0.25) is 5.02 Å². The number of pyridine rings is 2. The van der Waals surface area contributed by atoms with Gasteiger partial charge in [0.25, 0.3) is 0 Å². The van der Waals surface area contributed by atoms with Crippen LogP contribution in [0, 0.1) is 0 Å². The molecule has 12 heavy (non-hydrogen) atoms. The summed E-state index contributed by atoms with van der Waals surface area (Å²) < 4.78 is 0. The SMILES string of the molecule is Nc1ncc(Cl)c2ccncc12. The summed E-state index contributed by atoms with van der Waals surface area (Å²) in [6.45, 7) is 0. The zero-order chi connectivity index (χ0) is 8.55. The zero-order valence-corrected chi connectivity index (χ0v) is 6.92. The van der Waals surface area contributed by atoms with Gasteiger partial charge in [0, 0.05) is 29.4 Å². The Kier molecular flexibility index (Phi) is 1.59. The lowest BCUT2D eigenvalue weighted by Gasteiger charge is -2.00. The minimum Gasteiger partial charge on any atom is -0.383 e. The molecule has 0 aromatic carbocycles. The number of fused-ring (bicyclic) bond motifs is 1. The van der Waals surface area contributed by atoms with E-state index in [0.717, 1.165) is 10.8 Å². The molecule has 0 aliphatic rings. The molecule has 3 nitrogen and oxygen atoms in total. The van der Waals surface area contributed by atoms with Crippen LogP contribution < -0.4 is 5.73 Å². The molecule has 0 saturated heterocycles. The van der Waals surface area contributed by atoms with E-state index >= 15 is 0 Å². The maximum absolute atomic E-state index is 5.88. The van der Waals surface area contributed by atoms with Crippen molar-refractivity contribution in [2.24, 2.45) is 0 Å². The van der Waals surface area contributed by atoms with E-state index in [9.17, 15) is 0 Å². The molecule has 0 spiro atoms. The number of halogens is 1. The van der Waals surface area contributed by atoms with E-state index in [1.165, 1.54) is 0 Å². The number of hydrogen-bond acceptors (Lipinski definition) is 3. The van der Waals surface area contributed by atoms with Gasteiger partial charge in [0.05, 0.1) is 5.02 Å². The van der Waals surface area contributed by atoms with E-state index in [2.05, 4.69) is 9.97 Å². The molecule has 0 fully saturated rings. The van der Waals surface area contributed by atoms with Gasteiger partial charge in [-0.05, 0) is 6.07 Å². The third-order valence-electron chi connectivity index (χ3n) is 1.67. The molecule has 2 rings (SSSR count). The molecule has 0 saturated carbocycles. The lowest BCUT2D eigenvalue weighted by molar-refractivity contribution is 1.32. The van der Waals surface area contributed by atoms with E-state index in [1.807, 2.05) is 6.07 Å². The lowest BCUT2D eigenvalue weighted by Crippen LogP contribution is -1.91. The molecule has 2 N–H and O–H groups in total. The van der Waals surface area contributed by atoms with Gasteiger partial charge in [0.1, 0.15) is 5.82 Å². The van der Waals surface area contributed by atoms with Crippen molar-refractivity contribution in [2.45, 2.75) is 0 Å². The summed E-state index contributed by atoms with van der Waals surface area (Å²) in [5.74, 6) is 0.461. The van der Waals surface area contributed by atoms with Crippen molar-refractivity contribution >= 4 is 28.2 Å². The Morgan fingerprint density at radius 2 is 2.08 bits per heavy atom. The highest BCUT2D eigenvalue weighted by Gasteiger charge is 2.01. The zero-order valence-electron chi connectivity index (χ0n) is 6.16. The summed E-state index contributed by atoms with van der Waals surface area (Å²) in [6, 6.07) is 1.82. The van der Waals surface area contributed by atoms with E-state index in [-0.39, 0.29) is 0 Å². The fourth-order valence-corrected chi connectivity index (χ4v) is 1.29. The molecule has 0 bridgehead atoms. The van der Waals surface area contributed by atoms with Gasteiger partial charge in [0.2, 0.25) is 0 Å². The number of nitrogens with two attached hydrogens (primary N) is 1.